The molecule has 2 aromatic rings. The minimum Gasteiger partial charge on any atom is -0.479 e. The fraction of sp³-hybridized carbons (Fsp3) is 0.188. The van der Waals surface area contributed by atoms with E-state index in [1.807, 2.05) is 37.3 Å². The van der Waals surface area contributed by atoms with Gasteiger partial charge in [0.25, 0.3) is 0 Å². The first-order valence-electron chi connectivity index (χ1n) is 6.46. The number of rotatable bonds is 6. The average molecular weight is 367 g/mol. The Morgan fingerprint density at radius 2 is 2.24 bits per heavy atom. The number of esters is 1. The highest BCUT2D eigenvalue weighted by Gasteiger charge is 2.12. The molecule has 21 heavy (non-hydrogen) atoms. The van der Waals surface area contributed by atoms with Crippen LogP contribution in [0.1, 0.15) is 18.1 Å². The number of thiophene rings is 1. The summed E-state index contributed by atoms with van der Waals surface area (Å²) in [6.07, 6.45) is 1.93. The minimum atomic E-state index is -0.454. The molecule has 2 rings (SSSR count). The molecule has 110 valence electrons. The molecule has 0 fully saturated rings. The van der Waals surface area contributed by atoms with Crippen molar-refractivity contribution in [3.63, 3.8) is 0 Å². The highest BCUT2D eigenvalue weighted by molar-refractivity contribution is 9.10. The van der Waals surface area contributed by atoms with Crippen LogP contribution in [0, 0.1) is 0 Å². The molecular weight excluding hydrogens is 352 g/mol. The molecule has 0 saturated carbocycles. The van der Waals surface area contributed by atoms with Crippen LogP contribution in [0.5, 0.6) is 10.1 Å². The quantitative estimate of drug-likeness (QED) is 0.546. The van der Waals surface area contributed by atoms with Crippen LogP contribution >= 0.6 is 27.3 Å². The molecule has 1 aromatic carbocycles. The largest absolute Gasteiger partial charge is 0.479 e. The Bertz CT molecular complexity index is 649. The van der Waals surface area contributed by atoms with Crippen LogP contribution in [0.2, 0.25) is 0 Å². The van der Waals surface area contributed by atoms with Crippen molar-refractivity contribution in [1.29, 1.82) is 0 Å². The van der Waals surface area contributed by atoms with Gasteiger partial charge in [-0.3, -0.25) is 0 Å². The van der Waals surface area contributed by atoms with Gasteiger partial charge in [0, 0.05) is 16.1 Å². The van der Waals surface area contributed by atoms with Gasteiger partial charge in [0.05, 0.1) is 0 Å². The Labute approximate surface area is 136 Å². The Morgan fingerprint density at radius 3 is 2.90 bits per heavy atom. The van der Waals surface area contributed by atoms with Crippen molar-refractivity contribution in [1.82, 2.24) is 0 Å². The van der Waals surface area contributed by atoms with Gasteiger partial charge >= 0.3 is 5.97 Å². The summed E-state index contributed by atoms with van der Waals surface area (Å²) >= 11 is 4.76. The normalized spacial score (nSPS) is 10.2. The van der Waals surface area contributed by atoms with E-state index in [-0.39, 0.29) is 0 Å². The molecule has 0 aliphatic heterocycles. The highest BCUT2D eigenvalue weighted by Crippen LogP contribution is 2.37. The molecule has 0 atom stereocenters. The van der Waals surface area contributed by atoms with E-state index in [1.54, 1.807) is 0 Å². The number of hydrogen-bond donors (Lipinski definition) is 0. The maximum Gasteiger partial charge on any atom is 0.336 e. The van der Waals surface area contributed by atoms with E-state index in [4.69, 9.17) is 9.47 Å². The molecule has 0 amide bonds. The third-order valence-corrected chi connectivity index (χ3v) is 4.22. The molecule has 0 unspecified atom stereocenters. The summed E-state index contributed by atoms with van der Waals surface area (Å²) in [6.45, 7) is 5.87. The van der Waals surface area contributed by atoms with Gasteiger partial charge in [0.1, 0.15) is 6.61 Å². The van der Waals surface area contributed by atoms with E-state index in [1.165, 1.54) is 11.3 Å². The summed E-state index contributed by atoms with van der Waals surface area (Å²) in [4.78, 5) is 11.3. The number of aryl methyl sites for hydroxylation is 1. The molecule has 0 aliphatic carbocycles. The highest BCUT2D eigenvalue weighted by atomic mass is 79.9. The topological polar surface area (TPSA) is 35.5 Å². The van der Waals surface area contributed by atoms with Crippen molar-refractivity contribution >= 4 is 33.2 Å². The lowest BCUT2D eigenvalue weighted by Crippen LogP contribution is -2.02. The smallest absolute Gasteiger partial charge is 0.336 e. The molecule has 1 aromatic heterocycles. The Morgan fingerprint density at radius 1 is 1.43 bits per heavy atom. The van der Waals surface area contributed by atoms with Gasteiger partial charge in [-0.2, -0.15) is 0 Å². The Hall–Kier alpha value is -1.59. The molecule has 1 heterocycles. The number of benzene rings is 1. The van der Waals surface area contributed by atoms with Crippen molar-refractivity contribution in [3.8, 4) is 10.1 Å². The number of ether oxygens (including phenoxy) is 2. The zero-order chi connectivity index (χ0) is 15.2. The minimum absolute atomic E-state index is 0.454. The number of carbonyl (C=O) groups excluding carboxylic acids is 1. The van der Waals surface area contributed by atoms with Crippen LogP contribution in [-0.2, 0) is 17.8 Å². The van der Waals surface area contributed by atoms with Crippen molar-refractivity contribution in [2.24, 2.45) is 0 Å². The fourth-order valence-electron chi connectivity index (χ4n) is 1.71. The van der Waals surface area contributed by atoms with Crippen LogP contribution in [0.15, 0.2) is 47.5 Å². The predicted molar refractivity (Wildman–Crippen MR) is 88.0 cm³/mol. The van der Waals surface area contributed by atoms with Crippen LogP contribution in [0.3, 0.4) is 0 Å². The van der Waals surface area contributed by atoms with E-state index < -0.39 is 5.97 Å². The maximum absolute atomic E-state index is 11.3. The summed E-state index contributed by atoms with van der Waals surface area (Å²) in [5.41, 5.74) is 2.03. The summed E-state index contributed by atoms with van der Waals surface area (Å²) in [7, 11) is 0. The van der Waals surface area contributed by atoms with Crippen molar-refractivity contribution in [3.05, 3.63) is 58.6 Å². The molecule has 0 saturated heterocycles. The number of halogens is 1. The van der Waals surface area contributed by atoms with Gasteiger partial charge in [-0.05, 0) is 30.2 Å². The van der Waals surface area contributed by atoms with Crippen LogP contribution in [0.25, 0.3) is 0 Å². The van der Waals surface area contributed by atoms with E-state index in [0.717, 1.165) is 33.2 Å². The third kappa shape index (κ3) is 4.44. The summed E-state index contributed by atoms with van der Waals surface area (Å²) in [5.74, 6) is -0.454. The van der Waals surface area contributed by atoms with Crippen LogP contribution in [-0.4, -0.2) is 5.97 Å². The van der Waals surface area contributed by atoms with Crippen molar-refractivity contribution < 1.29 is 14.3 Å². The third-order valence-electron chi connectivity index (χ3n) is 2.76. The molecule has 0 N–H and O–H groups in total. The van der Waals surface area contributed by atoms with Crippen molar-refractivity contribution in [2.75, 3.05) is 0 Å². The fourth-order valence-corrected chi connectivity index (χ4v) is 3.11. The van der Waals surface area contributed by atoms with E-state index >= 15 is 0 Å². The molecule has 0 aliphatic rings. The van der Waals surface area contributed by atoms with E-state index in [9.17, 15) is 4.79 Å². The van der Waals surface area contributed by atoms with Gasteiger partial charge in [-0.25, -0.2) is 4.79 Å². The summed E-state index contributed by atoms with van der Waals surface area (Å²) < 4.78 is 12.0. The number of carbonyl (C=O) groups is 1. The van der Waals surface area contributed by atoms with Crippen LogP contribution < -0.4 is 9.47 Å². The zero-order valence-electron chi connectivity index (χ0n) is 11.6. The average Bonchev–Trinajstić information content (AvgIpc) is 2.87. The number of hydrogen-bond acceptors (Lipinski definition) is 4. The van der Waals surface area contributed by atoms with Gasteiger partial charge in [0.15, 0.2) is 10.1 Å². The Balaban J connectivity index is 2.06. The second-order valence-corrected chi connectivity index (χ2v) is 6.17. The molecule has 5 heteroatoms. The first-order valence-corrected chi connectivity index (χ1v) is 8.07. The second-order valence-electron chi connectivity index (χ2n) is 4.28. The monoisotopic (exact) mass is 366 g/mol. The summed E-state index contributed by atoms with van der Waals surface area (Å²) in [5, 5.41) is 1.31. The van der Waals surface area contributed by atoms with Gasteiger partial charge in [0.2, 0.25) is 0 Å². The summed E-state index contributed by atoms with van der Waals surface area (Å²) in [6, 6.07) is 9.85. The first kappa shape index (κ1) is 15.8. The Kier molecular flexibility index (Phi) is 5.59. The lowest BCUT2D eigenvalue weighted by molar-refractivity contribution is -0.128. The van der Waals surface area contributed by atoms with E-state index in [0.29, 0.717) is 11.7 Å². The molecule has 0 spiro atoms. The molecule has 0 bridgehead atoms. The SMILES string of the molecule is C=CC(=O)Oc1sc(OCc2cccc(Br)c2)cc1CC. The van der Waals surface area contributed by atoms with Gasteiger partial charge in [-0.1, -0.05) is 52.9 Å². The van der Waals surface area contributed by atoms with Crippen molar-refractivity contribution in [2.45, 2.75) is 20.0 Å². The van der Waals surface area contributed by atoms with Gasteiger partial charge in [-0.15, -0.1) is 0 Å². The predicted octanol–water partition coefficient (Wildman–Crippen LogP) is 4.74. The molecule has 3 nitrogen and oxygen atoms in total. The standard InChI is InChI=1S/C16H15BrO3S/c1-3-12-9-15(21-16(12)20-14(18)4-2)19-10-11-6-5-7-13(17)8-11/h4-9H,2-3,10H2,1H3. The van der Waals surface area contributed by atoms with Crippen LogP contribution in [0.4, 0.5) is 0 Å². The molecule has 0 radical (unpaired) electrons. The van der Waals surface area contributed by atoms with E-state index in [2.05, 4.69) is 22.5 Å². The first-order chi connectivity index (χ1) is 10.1. The lowest BCUT2D eigenvalue weighted by Gasteiger charge is -2.03. The van der Waals surface area contributed by atoms with Gasteiger partial charge < -0.3 is 9.47 Å². The second kappa shape index (κ2) is 7.43. The maximum atomic E-state index is 11.3. The zero-order valence-corrected chi connectivity index (χ0v) is 14.0. The molecular formula is C16H15BrO3S. The lowest BCUT2D eigenvalue weighted by atomic mass is 10.2.